The number of sulfonamides is 1. The monoisotopic (exact) mass is 277 g/mol. The summed E-state index contributed by atoms with van der Waals surface area (Å²) in [7, 11) is -2.08. The third kappa shape index (κ3) is 3.06. The summed E-state index contributed by atoms with van der Waals surface area (Å²) in [6.45, 7) is 1.91. The van der Waals surface area contributed by atoms with Crippen molar-refractivity contribution in [2.75, 3.05) is 11.8 Å². The molecule has 2 aromatic carbocycles. The van der Waals surface area contributed by atoms with E-state index >= 15 is 0 Å². The smallest absolute Gasteiger partial charge is 0.262 e. The number of aryl methyl sites for hydroxylation is 1. The van der Waals surface area contributed by atoms with Crippen LogP contribution in [0.15, 0.2) is 53.4 Å². The Hall–Kier alpha value is -2.01. The van der Waals surface area contributed by atoms with Crippen LogP contribution in [0, 0.1) is 6.92 Å². The Labute approximate surface area is 113 Å². The zero-order valence-electron chi connectivity index (χ0n) is 10.8. The molecule has 0 aliphatic heterocycles. The van der Waals surface area contributed by atoms with Crippen LogP contribution in [0.1, 0.15) is 5.56 Å². The van der Waals surface area contributed by atoms with Crippen molar-refractivity contribution in [1.29, 1.82) is 0 Å². The average molecular weight is 277 g/mol. The Morgan fingerprint density at radius 2 is 1.74 bits per heavy atom. The third-order valence-electron chi connectivity index (χ3n) is 2.65. The van der Waals surface area contributed by atoms with Crippen molar-refractivity contribution in [3.8, 4) is 5.75 Å². The van der Waals surface area contributed by atoms with E-state index in [9.17, 15) is 8.42 Å². The number of methoxy groups -OCH3 is 1. The maximum Gasteiger partial charge on any atom is 0.262 e. The van der Waals surface area contributed by atoms with Gasteiger partial charge < -0.3 is 4.74 Å². The van der Waals surface area contributed by atoms with Crippen molar-refractivity contribution < 1.29 is 13.2 Å². The lowest BCUT2D eigenvalue weighted by Crippen LogP contribution is -2.13. The first kappa shape index (κ1) is 13.4. The average Bonchev–Trinajstić information content (AvgIpc) is 2.41. The van der Waals surface area contributed by atoms with Gasteiger partial charge in [0.15, 0.2) is 0 Å². The molecule has 100 valence electrons. The summed E-state index contributed by atoms with van der Waals surface area (Å²) in [5.41, 5.74) is 1.43. The summed E-state index contributed by atoms with van der Waals surface area (Å²) in [6.07, 6.45) is 0. The summed E-state index contributed by atoms with van der Waals surface area (Å²) < 4.78 is 32.1. The fraction of sp³-hybridized carbons (Fsp3) is 0.143. The van der Waals surface area contributed by atoms with Crippen molar-refractivity contribution in [3.63, 3.8) is 0 Å². The second-order valence-electron chi connectivity index (χ2n) is 4.12. The molecular weight excluding hydrogens is 262 g/mol. The van der Waals surface area contributed by atoms with Gasteiger partial charge in [-0.15, -0.1) is 0 Å². The number of hydrogen-bond donors (Lipinski definition) is 1. The Bertz CT molecular complexity index is 666. The van der Waals surface area contributed by atoms with Crippen LogP contribution in [0.5, 0.6) is 5.75 Å². The van der Waals surface area contributed by atoms with Gasteiger partial charge in [-0.05, 0) is 36.8 Å². The van der Waals surface area contributed by atoms with Crippen LogP contribution in [-0.2, 0) is 10.0 Å². The van der Waals surface area contributed by atoms with Gasteiger partial charge in [0, 0.05) is 0 Å². The van der Waals surface area contributed by atoms with Gasteiger partial charge in [0.25, 0.3) is 10.0 Å². The fourth-order valence-electron chi connectivity index (χ4n) is 1.69. The molecule has 1 N–H and O–H groups in total. The van der Waals surface area contributed by atoms with Gasteiger partial charge >= 0.3 is 0 Å². The number of benzene rings is 2. The van der Waals surface area contributed by atoms with Crippen molar-refractivity contribution in [2.24, 2.45) is 0 Å². The summed E-state index contributed by atoms with van der Waals surface area (Å²) in [5.74, 6) is 0.500. The van der Waals surface area contributed by atoms with Crippen molar-refractivity contribution in [2.45, 2.75) is 11.8 Å². The van der Waals surface area contributed by atoms with Gasteiger partial charge in [-0.25, -0.2) is 8.42 Å². The van der Waals surface area contributed by atoms with Gasteiger partial charge in [-0.3, -0.25) is 4.72 Å². The highest BCUT2D eigenvalue weighted by Gasteiger charge is 2.15. The molecule has 0 unspecified atom stereocenters. The molecule has 0 heterocycles. The molecule has 0 amide bonds. The minimum atomic E-state index is -3.59. The van der Waals surface area contributed by atoms with Crippen LogP contribution < -0.4 is 9.46 Å². The van der Waals surface area contributed by atoms with E-state index in [0.717, 1.165) is 5.56 Å². The van der Waals surface area contributed by atoms with Gasteiger partial charge in [0.05, 0.1) is 17.7 Å². The van der Waals surface area contributed by atoms with Crippen LogP contribution in [0.25, 0.3) is 0 Å². The van der Waals surface area contributed by atoms with Gasteiger partial charge in [0.1, 0.15) is 5.75 Å². The lowest BCUT2D eigenvalue weighted by molar-refractivity contribution is 0.416. The summed E-state index contributed by atoms with van der Waals surface area (Å²) in [4.78, 5) is 0.220. The molecule has 0 spiro atoms. The Kier molecular flexibility index (Phi) is 3.76. The minimum absolute atomic E-state index is 0.220. The van der Waals surface area contributed by atoms with Gasteiger partial charge in [0.2, 0.25) is 0 Å². The lowest BCUT2D eigenvalue weighted by atomic mass is 10.2. The van der Waals surface area contributed by atoms with Crippen molar-refractivity contribution >= 4 is 15.7 Å². The summed E-state index contributed by atoms with van der Waals surface area (Å²) >= 11 is 0. The van der Waals surface area contributed by atoms with E-state index in [1.54, 1.807) is 42.5 Å². The highest BCUT2D eigenvalue weighted by molar-refractivity contribution is 7.92. The first-order chi connectivity index (χ1) is 9.03. The molecule has 2 rings (SSSR count). The zero-order chi connectivity index (χ0) is 13.9. The molecule has 0 fully saturated rings. The zero-order valence-corrected chi connectivity index (χ0v) is 11.6. The van der Waals surface area contributed by atoms with Crippen LogP contribution in [0.4, 0.5) is 5.69 Å². The number of nitrogens with one attached hydrogen (secondary N) is 1. The number of rotatable bonds is 4. The maximum atomic E-state index is 12.2. The second kappa shape index (κ2) is 5.32. The Morgan fingerprint density at radius 3 is 2.37 bits per heavy atom. The van der Waals surface area contributed by atoms with Crippen LogP contribution in [-0.4, -0.2) is 15.5 Å². The number of anilines is 1. The molecule has 19 heavy (non-hydrogen) atoms. The van der Waals surface area contributed by atoms with Gasteiger partial charge in [-0.1, -0.05) is 24.3 Å². The molecule has 0 aliphatic carbocycles. The Morgan fingerprint density at radius 1 is 1.05 bits per heavy atom. The highest BCUT2D eigenvalue weighted by Crippen LogP contribution is 2.27. The van der Waals surface area contributed by atoms with E-state index in [2.05, 4.69) is 4.72 Å². The van der Waals surface area contributed by atoms with Crippen molar-refractivity contribution in [1.82, 2.24) is 0 Å². The van der Waals surface area contributed by atoms with E-state index < -0.39 is 10.0 Å². The van der Waals surface area contributed by atoms with E-state index in [1.807, 2.05) is 13.0 Å². The van der Waals surface area contributed by atoms with E-state index in [0.29, 0.717) is 11.4 Å². The van der Waals surface area contributed by atoms with E-state index in [-0.39, 0.29) is 4.90 Å². The maximum absolute atomic E-state index is 12.2. The largest absolute Gasteiger partial charge is 0.495 e. The Balaban J connectivity index is 2.36. The SMILES string of the molecule is COc1cc(C)ccc1NS(=O)(=O)c1ccccc1. The quantitative estimate of drug-likeness (QED) is 0.935. The van der Waals surface area contributed by atoms with Crippen molar-refractivity contribution in [3.05, 3.63) is 54.1 Å². The minimum Gasteiger partial charge on any atom is -0.495 e. The van der Waals surface area contributed by atoms with Gasteiger partial charge in [-0.2, -0.15) is 0 Å². The molecule has 4 nitrogen and oxygen atoms in total. The first-order valence-electron chi connectivity index (χ1n) is 5.75. The number of ether oxygens (including phenoxy) is 1. The topological polar surface area (TPSA) is 55.4 Å². The molecular formula is C14H15NO3S. The summed E-state index contributed by atoms with van der Waals surface area (Å²) in [6, 6.07) is 13.5. The predicted octanol–water partition coefficient (Wildman–Crippen LogP) is 2.80. The molecule has 5 heteroatoms. The van der Waals surface area contributed by atoms with Crippen LogP contribution >= 0.6 is 0 Å². The number of hydrogen-bond acceptors (Lipinski definition) is 3. The standard InChI is InChI=1S/C14H15NO3S/c1-11-8-9-13(14(10-11)18-2)15-19(16,17)12-6-4-3-5-7-12/h3-10,15H,1-2H3. The van der Waals surface area contributed by atoms with E-state index in [4.69, 9.17) is 4.74 Å². The molecule has 0 atom stereocenters. The molecule has 0 saturated carbocycles. The van der Waals surface area contributed by atoms with Crippen LogP contribution in [0.3, 0.4) is 0 Å². The normalized spacial score (nSPS) is 11.1. The van der Waals surface area contributed by atoms with E-state index in [1.165, 1.54) is 7.11 Å². The molecule has 0 radical (unpaired) electrons. The molecule has 0 aromatic heterocycles. The molecule has 0 aliphatic rings. The molecule has 0 bridgehead atoms. The summed E-state index contributed by atoms with van der Waals surface area (Å²) in [5, 5.41) is 0. The second-order valence-corrected chi connectivity index (χ2v) is 5.80. The highest BCUT2D eigenvalue weighted by atomic mass is 32.2. The predicted molar refractivity (Wildman–Crippen MR) is 75.0 cm³/mol. The molecule has 0 saturated heterocycles. The fourth-order valence-corrected chi connectivity index (χ4v) is 2.78. The van der Waals surface area contributed by atoms with Crippen LogP contribution in [0.2, 0.25) is 0 Å². The first-order valence-corrected chi connectivity index (χ1v) is 7.24. The molecule has 2 aromatic rings. The third-order valence-corrected chi connectivity index (χ3v) is 4.04. The lowest BCUT2D eigenvalue weighted by Gasteiger charge is -2.12.